The summed E-state index contributed by atoms with van der Waals surface area (Å²) in [6.45, 7) is 5.48. The number of aryl methyl sites for hydroxylation is 2. The van der Waals surface area contributed by atoms with E-state index in [0.29, 0.717) is 0 Å². The fourth-order valence-electron chi connectivity index (χ4n) is 2.20. The SMILES string of the molecule is COC(=O)C(C)N(C(=O)CCCl)c1c(C)cccc1C. The number of esters is 1. The predicted molar refractivity (Wildman–Crippen MR) is 80.2 cm³/mol. The van der Waals surface area contributed by atoms with Crippen molar-refractivity contribution in [1.29, 1.82) is 0 Å². The van der Waals surface area contributed by atoms with Crippen molar-refractivity contribution in [3.05, 3.63) is 29.3 Å². The molecule has 1 atom stereocenters. The number of para-hydroxylation sites is 1. The Hall–Kier alpha value is -1.55. The number of amides is 1. The molecule has 0 aliphatic heterocycles. The van der Waals surface area contributed by atoms with Gasteiger partial charge in [-0.25, -0.2) is 4.79 Å². The predicted octanol–water partition coefficient (Wildman–Crippen LogP) is 2.83. The molecule has 0 bridgehead atoms. The van der Waals surface area contributed by atoms with Crippen LogP contribution < -0.4 is 4.90 Å². The molecule has 0 saturated carbocycles. The van der Waals surface area contributed by atoms with Crippen LogP contribution in [0.5, 0.6) is 0 Å². The molecule has 110 valence electrons. The summed E-state index contributed by atoms with van der Waals surface area (Å²) in [6, 6.07) is 5.05. The molecule has 0 aliphatic rings. The van der Waals surface area contributed by atoms with E-state index in [4.69, 9.17) is 16.3 Å². The number of halogens is 1. The van der Waals surface area contributed by atoms with Crippen LogP contribution in [0.25, 0.3) is 0 Å². The van der Waals surface area contributed by atoms with Gasteiger partial charge in [-0.3, -0.25) is 9.69 Å². The summed E-state index contributed by atoms with van der Waals surface area (Å²) in [7, 11) is 1.31. The third-order valence-corrected chi connectivity index (χ3v) is 3.38. The van der Waals surface area contributed by atoms with Crippen LogP contribution in [0.15, 0.2) is 18.2 Å². The zero-order valence-electron chi connectivity index (χ0n) is 12.3. The third kappa shape index (κ3) is 3.51. The van der Waals surface area contributed by atoms with Crippen molar-refractivity contribution in [2.45, 2.75) is 33.2 Å². The zero-order valence-corrected chi connectivity index (χ0v) is 13.0. The van der Waals surface area contributed by atoms with Crippen molar-refractivity contribution in [3.8, 4) is 0 Å². The number of benzene rings is 1. The van der Waals surface area contributed by atoms with Gasteiger partial charge in [-0.05, 0) is 31.9 Å². The summed E-state index contributed by atoms with van der Waals surface area (Å²) in [5, 5.41) is 0. The molecular formula is C15H20ClNO3. The van der Waals surface area contributed by atoms with Crippen LogP contribution in [0.2, 0.25) is 0 Å². The lowest BCUT2D eigenvalue weighted by Gasteiger charge is -2.30. The van der Waals surface area contributed by atoms with Gasteiger partial charge in [-0.1, -0.05) is 18.2 Å². The van der Waals surface area contributed by atoms with E-state index in [1.807, 2.05) is 32.0 Å². The first-order valence-electron chi connectivity index (χ1n) is 6.46. The fourth-order valence-corrected chi connectivity index (χ4v) is 2.36. The molecule has 5 heteroatoms. The Morgan fingerprint density at radius 3 is 2.30 bits per heavy atom. The topological polar surface area (TPSA) is 46.6 Å². The normalized spacial score (nSPS) is 11.8. The summed E-state index contributed by atoms with van der Waals surface area (Å²) in [6.07, 6.45) is 0.177. The molecule has 1 aromatic carbocycles. The smallest absolute Gasteiger partial charge is 0.328 e. The second-order valence-electron chi connectivity index (χ2n) is 4.64. The lowest BCUT2D eigenvalue weighted by molar-refractivity contribution is -0.143. The van der Waals surface area contributed by atoms with E-state index >= 15 is 0 Å². The van der Waals surface area contributed by atoms with Gasteiger partial charge in [0.05, 0.1) is 12.8 Å². The Kier molecular flexibility index (Phi) is 6.02. The highest BCUT2D eigenvalue weighted by atomic mass is 35.5. The number of hydrogen-bond acceptors (Lipinski definition) is 3. The van der Waals surface area contributed by atoms with Crippen LogP contribution in [0.1, 0.15) is 24.5 Å². The average Bonchev–Trinajstić information content (AvgIpc) is 2.41. The van der Waals surface area contributed by atoms with E-state index in [9.17, 15) is 9.59 Å². The van der Waals surface area contributed by atoms with Crippen LogP contribution in [-0.4, -0.2) is 30.9 Å². The minimum absolute atomic E-state index is 0.177. The summed E-state index contributed by atoms with van der Waals surface area (Å²) in [5.74, 6) is -0.417. The van der Waals surface area contributed by atoms with E-state index in [1.165, 1.54) is 12.0 Å². The molecule has 0 spiro atoms. The van der Waals surface area contributed by atoms with Crippen LogP contribution in [0.4, 0.5) is 5.69 Å². The maximum atomic E-state index is 12.3. The van der Waals surface area contributed by atoms with Crippen molar-refractivity contribution in [2.75, 3.05) is 17.9 Å². The summed E-state index contributed by atoms with van der Waals surface area (Å²) in [5.41, 5.74) is 2.62. The molecule has 0 aliphatic carbocycles. The fraction of sp³-hybridized carbons (Fsp3) is 0.467. The molecule has 4 nitrogen and oxygen atoms in total. The van der Waals surface area contributed by atoms with Crippen LogP contribution in [-0.2, 0) is 14.3 Å². The number of carbonyl (C=O) groups is 2. The monoisotopic (exact) mass is 297 g/mol. The number of ether oxygens (including phenoxy) is 1. The van der Waals surface area contributed by atoms with Gasteiger partial charge in [0, 0.05) is 12.3 Å². The number of alkyl halides is 1. The Bertz CT molecular complexity index is 482. The van der Waals surface area contributed by atoms with Crippen molar-refractivity contribution >= 4 is 29.2 Å². The maximum absolute atomic E-state index is 12.3. The van der Waals surface area contributed by atoms with Gasteiger partial charge in [0.1, 0.15) is 6.04 Å². The van der Waals surface area contributed by atoms with E-state index in [0.717, 1.165) is 16.8 Å². The number of methoxy groups -OCH3 is 1. The standard InChI is InChI=1S/C15H20ClNO3/c1-10-6-5-7-11(2)14(10)17(13(18)8-9-16)12(3)15(19)20-4/h5-7,12H,8-9H2,1-4H3. The molecule has 1 unspecified atom stereocenters. The van der Waals surface area contributed by atoms with E-state index < -0.39 is 12.0 Å². The zero-order chi connectivity index (χ0) is 15.3. The lowest BCUT2D eigenvalue weighted by Crippen LogP contribution is -2.45. The second-order valence-corrected chi connectivity index (χ2v) is 5.02. The minimum Gasteiger partial charge on any atom is -0.467 e. The molecule has 1 rings (SSSR count). The van der Waals surface area contributed by atoms with Crippen molar-refractivity contribution < 1.29 is 14.3 Å². The van der Waals surface area contributed by atoms with E-state index in [2.05, 4.69) is 0 Å². The highest BCUT2D eigenvalue weighted by molar-refractivity contribution is 6.19. The highest BCUT2D eigenvalue weighted by Gasteiger charge is 2.29. The first-order chi connectivity index (χ1) is 9.43. The molecule has 20 heavy (non-hydrogen) atoms. The lowest BCUT2D eigenvalue weighted by atomic mass is 10.1. The van der Waals surface area contributed by atoms with Crippen molar-refractivity contribution in [3.63, 3.8) is 0 Å². The van der Waals surface area contributed by atoms with Gasteiger partial charge in [-0.15, -0.1) is 11.6 Å². The molecule has 1 amide bonds. The molecule has 0 N–H and O–H groups in total. The van der Waals surface area contributed by atoms with Crippen molar-refractivity contribution in [1.82, 2.24) is 0 Å². The van der Waals surface area contributed by atoms with Crippen LogP contribution >= 0.6 is 11.6 Å². The van der Waals surface area contributed by atoms with Gasteiger partial charge in [0.2, 0.25) is 5.91 Å². The summed E-state index contributed by atoms with van der Waals surface area (Å²) in [4.78, 5) is 25.6. The largest absolute Gasteiger partial charge is 0.467 e. The van der Waals surface area contributed by atoms with Crippen molar-refractivity contribution in [2.24, 2.45) is 0 Å². The van der Waals surface area contributed by atoms with Gasteiger partial charge < -0.3 is 4.74 Å². The van der Waals surface area contributed by atoms with Gasteiger partial charge in [-0.2, -0.15) is 0 Å². The number of hydrogen-bond donors (Lipinski definition) is 0. The maximum Gasteiger partial charge on any atom is 0.328 e. The Balaban J connectivity index is 3.30. The number of carbonyl (C=O) groups excluding carboxylic acids is 2. The first-order valence-corrected chi connectivity index (χ1v) is 6.99. The highest BCUT2D eigenvalue weighted by Crippen LogP contribution is 2.27. The van der Waals surface area contributed by atoms with Crippen LogP contribution in [0.3, 0.4) is 0 Å². The Labute approximate surface area is 124 Å². The van der Waals surface area contributed by atoms with Gasteiger partial charge in [0.25, 0.3) is 0 Å². The number of anilines is 1. The van der Waals surface area contributed by atoms with E-state index in [1.54, 1.807) is 6.92 Å². The minimum atomic E-state index is -0.685. The quantitative estimate of drug-likeness (QED) is 0.620. The third-order valence-electron chi connectivity index (χ3n) is 3.19. The second kappa shape index (κ2) is 7.29. The molecule has 0 aromatic heterocycles. The summed E-state index contributed by atoms with van der Waals surface area (Å²) >= 11 is 5.66. The molecular weight excluding hydrogens is 278 g/mol. The summed E-state index contributed by atoms with van der Waals surface area (Å²) < 4.78 is 4.76. The first kappa shape index (κ1) is 16.5. The molecule has 0 fully saturated rings. The Morgan fingerprint density at radius 2 is 1.85 bits per heavy atom. The average molecular weight is 298 g/mol. The molecule has 0 saturated heterocycles. The molecule has 1 aromatic rings. The van der Waals surface area contributed by atoms with E-state index in [-0.39, 0.29) is 18.2 Å². The van der Waals surface area contributed by atoms with Crippen LogP contribution in [0, 0.1) is 13.8 Å². The van der Waals surface area contributed by atoms with Gasteiger partial charge >= 0.3 is 5.97 Å². The number of rotatable bonds is 5. The number of nitrogens with zero attached hydrogens (tertiary/aromatic N) is 1. The van der Waals surface area contributed by atoms with Gasteiger partial charge in [0.15, 0.2) is 0 Å². The molecule has 0 heterocycles. The Morgan fingerprint density at radius 1 is 1.30 bits per heavy atom. The molecule has 0 radical (unpaired) electrons.